The van der Waals surface area contributed by atoms with Gasteiger partial charge in [0.1, 0.15) is 5.75 Å². The second kappa shape index (κ2) is 5.43. The third-order valence-corrected chi connectivity index (χ3v) is 2.08. The van der Waals surface area contributed by atoms with E-state index in [9.17, 15) is 0 Å². The molecule has 0 amide bonds. The first-order valence-electron chi connectivity index (χ1n) is 5.03. The van der Waals surface area contributed by atoms with Gasteiger partial charge in [0.2, 0.25) is 0 Å². The Hall–Kier alpha value is -1.31. The van der Waals surface area contributed by atoms with Crippen LogP contribution in [-0.4, -0.2) is 12.3 Å². The summed E-state index contributed by atoms with van der Waals surface area (Å²) in [6, 6.07) is 7.60. The molecule has 1 atom stereocenters. The van der Waals surface area contributed by atoms with Gasteiger partial charge in [0, 0.05) is 6.21 Å². The fraction of sp³-hybridized carbons (Fsp3) is 0.417. The lowest BCUT2D eigenvalue weighted by atomic mass is 10.2. The molecule has 0 radical (unpaired) electrons. The van der Waals surface area contributed by atoms with Gasteiger partial charge in [-0.25, -0.2) is 0 Å². The van der Waals surface area contributed by atoms with Gasteiger partial charge in [-0.3, -0.25) is 0 Å². The van der Waals surface area contributed by atoms with Crippen molar-refractivity contribution in [2.75, 3.05) is 0 Å². The molecule has 1 rings (SSSR count). The second-order valence-corrected chi connectivity index (χ2v) is 3.43. The fourth-order valence-corrected chi connectivity index (χ4v) is 1.34. The summed E-state index contributed by atoms with van der Waals surface area (Å²) in [5.41, 5.74) is 0.903. The Morgan fingerprint density at radius 3 is 2.50 bits per heavy atom. The summed E-state index contributed by atoms with van der Waals surface area (Å²) in [5.74, 6) is 0.886. The molecular weight excluding hydrogens is 174 g/mol. The van der Waals surface area contributed by atoms with Crippen molar-refractivity contribution in [1.82, 2.24) is 0 Å². The highest BCUT2D eigenvalue weighted by molar-refractivity contribution is 5.76. The van der Waals surface area contributed by atoms with Gasteiger partial charge in [-0.2, -0.15) is 0 Å². The normalized spacial score (nSPS) is 12.1. The lowest BCUT2D eigenvalue weighted by molar-refractivity contribution is 0.210. The highest BCUT2D eigenvalue weighted by Crippen LogP contribution is 2.14. The van der Waals surface area contributed by atoms with Crippen LogP contribution < -0.4 is 4.74 Å². The molecule has 0 fully saturated rings. The van der Waals surface area contributed by atoms with Crippen molar-refractivity contribution in [2.24, 2.45) is 0 Å². The zero-order chi connectivity index (χ0) is 10.4. The summed E-state index contributed by atoms with van der Waals surface area (Å²) < 4.78 is 5.68. The van der Waals surface area contributed by atoms with Crippen LogP contribution in [0.25, 0.3) is 0 Å². The lowest BCUT2D eigenvalue weighted by Crippen LogP contribution is -2.10. The van der Waals surface area contributed by atoms with Crippen molar-refractivity contribution in [1.29, 1.82) is 5.41 Å². The van der Waals surface area contributed by atoms with E-state index in [1.165, 1.54) is 6.21 Å². The average molecular weight is 191 g/mol. The van der Waals surface area contributed by atoms with Crippen LogP contribution in [0.3, 0.4) is 0 Å². The van der Waals surface area contributed by atoms with E-state index in [0.717, 1.165) is 24.2 Å². The average Bonchev–Trinajstić information content (AvgIpc) is 2.19. The SMILES string of the molecule is CCC[C@@H](C)Oc1ccc(C=N)cc1. The third-order valence-electron chi connectivity index (χ3n) is 2.08. The molecule has 0 aliphatic rings. The number of nitrogens with one attached hydrogen (secondary N) is 1. The third kappa shape index (κ3) is 3.21. The first-order chi connectivity index (χ1) is 6.76. The minimum absolute atomic E-state index is 0.269. The molecule has 14 heavy (non-hydrogen) atoms. The number of hydrogen-bond donors (Lipinski definition) is 1. The first-order valence-corrected chi connectivity index (χ1v) is 5.03. The van der Waals surface area contributed by atoms with Gasteiger partial charge in [-0.15, -0.1) is 0 Å². The van der Waals surface area contributed by atoms with Crippen LogP contribution >= 0.6 is 0 Å². The predicted octanol–water partition coefficient (Wildman–Crippen LogP) is 3.25. The molecule has 0 saturated heterocycles. The summed E-state index contributed by atoms with van der Waals surface area (Å²) >= 11 is 0. The molecule has 2 nitrogen and oxygen atoms in total. The number of benzene rings is 1. The minimum atomic E-state index is 0.269. The Labute approximate surface area is 85.4 Å². The van der Waals surface area contributed by atoms with Crippen molar-refractivity contribution >= 4 is 6.21 Å². The molecule has 0 heterocycles. The van der Waals surface area contributed by atoms with E-state index in [0.29, 0.717) is 0 Å². The van der Waals surface area contributed by atoms with Gasteiger partial charge in [0.05, 0.1) is 6.10 Å². The summed E-state index contributed by atoms with van der Waals surface area (Å²) in [5, 5.41) is 7.06. The summed E-state index contributed by atoms with van der Waals surface area (Å²) in [6.45, 7) is 4.23. The zero-order valence-corrected chi connectivity index (χ0v) is 8.79. The number of ether oxygens (including phenoxy) is 1. The molecule has 2 heteroatoms. The van der Waals surface area contributed by atoms with Crippen molar-refractivity contribution in [2.45, 2.75) is 32.8 Å². The van der Waals surface area contributed by atoms with Crippen LogP contribution in [0.1, 0.15) is 32.3 Å². The van der Waals surface area contributed by atoms with Gasteiger partial charge in [0.25, 0.3) is 0 Å². The van der Waals surface area contributed by atoms with Crippen molar-refractivity contribution in [3.05, 3.63) is 29.8 Å². The highest BCUT2D eigenvalue weighted by Gasteiger charge is 2.01. The van der Waals surface area contributed by atoms with Crippen LogP contribution in [0.15, 0.2) is 24.3 Å². The van der Waals surface area contributed by atoms with Crippen LogP contribution in [-0.2, 0) is 0 Å². The maximum atomic E-state index is 7.06. The van der Waals surface area contributed by atoms with Gasteiger partial charge in [-0.1, -0.05) is 13.3 Å². The van der Waals surface area contributed by atoms with E-state index in [1.807, 2.05) is 24.3 Å². The summed E-state index contributed by atoms with van der Waals surface area (Å²) in [7, 11) is 0. The molecule has 1 N–H and O–H groups in total. The zero-order valence-electron chi connectivity index (χ0n) is 8.79. The molecular formula is C12H17NO. The molecule has 0 aliphatic carbocycles. The molecule has 0 saturated carbocycles. The molecule has 0 aromatic heterocycles. The van der Waals surface area contributed by atoms with Crippen molar-refractivity contribution < 1.29 is 4.74 Å². The monoisotopic (exact) mass is 191 g/mol. The molecule has 1 aromatic rings. The predicted molar refractivity (Wildman–Crippen MR) is 59.3 cm³/mol. The van der Waals surface area contributed by atoms with E-state index in [1.54, 1.807) is 0 Å². The Morgan fingerprint density at radius 1 is 1.36 bits per heavy atom. The van der Waals surface area contributed by atoms with Crippen LogP contribution in [0.2, 0.25) is 0 Å². The smallest absolute Gasteiger partial charge is 0.119 e. The van der Waals surface area contributed by atoms with Crippen LogP contribution in [0.4, 0.5) is 0 Å². The molecule has 0 unspecified atom stereocenters. The quantitative estimate of drug-likeness (QED) is 0.712. The summed E-state index contributed by atoms with van der Waals surface area (Å²) in [4.78, 5) is 0. The Balaban J connectivity index is 2.55. The minimum Gasteiger partial charge on any atom is -0.491 e. The Kier molecular flexibility index (Phi) is 4.17. The molecule has 0 spiro atoms. The maximum absolute atomic E-state index is 7.06. The topological polar surface area (TPSA) is 33.1 Å². The Bertz CT molecular complexity index is 279. The largest absolute Gasteiger partial charge is 0.491 e. The van der Waals surface area contributed by atoms with Gasteiger partial charge in [-0.05, 0) is 43.2 Å². The number of hydrogen-bond acceptors (Lipinski definition) is 2. The second-order valence-electron chi connectivity index (χ2n) is 3.43. The first kappa shape index (κ1) is 10.8. The van der Waals surface area contributed by atoms with Crippen molar-refractivity contribution in [3.8, 4) is 5.75 Å². The maximum Gasteiger partial charge on any atom is 0.119 e. The van der Waals surface area contributed by atoms with E-state index >= 15 is 0 Å². The standard InChI is InChI=1S/C12H17NO/c1-3-4-10(2)14-12-7-5-11(9-13)6-8-12/h5-10,13H,3-4H2,1-2H3/t10-/m1/s1. The van der Waals surface area contributed by atoms with Gasteiger partial charge in [0.15, 0.2) is 0 Å². The number of rotatable bonds is 5. The van der Waals surface area contributed by atoms with E-state index < -0.39 is 0 Å². The van der Waals surface area contributed by atoms with E-state index in [4.69, 9.17) is 10.1 Å². The lowest BCUT2D eigenvalue weighted by Gasteiger charge is -2.13. The fourth-order valence-electron chi connectivity index (χ4n) is 1.34. The summed E-state index contributed by atoms with van der Waals surface area (Å²) in [6.07, 6.45) is 3.82. The van der Waals surface area contributed by atoms with E-state index in [2.05, 4.69) is 13.8 Å². The molecule has 1 aromatic carbocycles. The van der Waals surface area contributed by atoms with Gasteiger partial charge < -0.3 is 10.1 Å². The van der Waals surface area contributed by atoms with Crippen LogP contribution in [0.5, 0.6) is 5.75 Å². The van der Waals surface area contributed by atoms with Crippen LogP contribution in [0, 0.1) is 5.41 Å². The molecule has 76 valence electrons. The van der Waals surface area contributed by atoms with Gasteiger partial charge >= 0.3 is 0 Å². The van der Waals surface area contributed by atoms with Crippen molar-refractivity contribution in [3.63, 3.8) is 0 Å². The molecule has 0 aliphatic heterocycles. The molecule has 0 bridgehead atoms. The Morgan fingerprint density at radius 2 is 2.00 bits per heavy atom. The highest BCUT2D eigenvalue weighted by atomic mass is 16.5. The van der Waals surface area contributed by atoms with E-state index in [-0.39, 0.29) is 6.10 Å².